The fraction of sp³-hybridized carbons (Fsp3) is 0.286. The predicted octanol–water partition coefficient (Wildman–Crippen LogP) is 2.24. The molecule has 0 saturated carbocycles. The number of hydrogen-bond donors (Lipinski definition) is 1. The monoisotopic (exact) mass is 259 g/mol. The van der Waals surface area contributed by atoms with E-state index in [0.29, 0.717) is 11.3 Å². The van der Waals surface area contributed by atoms with Gasteiger partial charge in [0.2, 0.25) is 5.91 Å². The van der Waals surface area contributed by atoms with Crippen LogP contribution in [-0.2, 0) is 0 Å². The second kappa shape index (κ2) is 5.14. The number of amides is 1. The van der Waals surface area contributed by atoms with Crippen molar-refractivity contribution in [1.29, 1.82) is 0 Å². The third-order valence-corrected chi connectivity index (χ3v) is 2.93. The molecule has 0 unspecified atom stereocenters. The summed E-state index contributed by atoms with van der Waals surface area (Å²) in [6.45, 7) is 4.06. The fourth-order valence-corrected chi connectivity index (χ4v) is 2.02. The molecule has 1 aromatic carbocycles. The highest BCUT2D eigenvalue weighted by Gasteiger charge is 2.16. The summed E-state index contributed by atoms with van der Waals surface area (Å²) < 4.78 is 7.05. The van der Waals surface area contributed by atoms with Gasteiger partial charge in [0.25, 0.3) is 0 Å². The molecule has 0 fully saturated rings. The number of nitrogens with two attached hydrogens (primary N) is 1. The quantitative estimate of drug-likeness (QED) is 0.915. The van der Waals surface area contributed by atoms with Crippen LogP contribution in [0.1, 0.15) is 30.2 Å². The number of benzene rings is 1. The third-order valence-electron chi connectivity index (χ3n) is 2.93. The van der Waals surface area contributed by atoms with Crippen LogP contribution in [0.2, 0.25) is 0 Å². The highest BCUT2D eigenvalue weighted by molar-refractivity contribution is 5.99. The molecule has 1 heterocycles. The van der Waals surface area contributed by atoms with Crippen molar-refractivity contribution in [3.05, 3.63) is 36.0 Å². The molecule has 0 aliphatic rings. The molecule has 1 aromatic heterocycles. The van der Waals surface area contributed by atoms with E-state index in [1.807, 2.05) is 24.6 Å². The maximum Gasteiger partial charge on any atom is 0.249 e. The van der Waals surface area contributed by atoms with Crippen molar-refractivity contribution in [2.45, 2.75) is 19.9 Å². The minimum atomic E-state index is -0.464. The Bertz CT molecular complexity index is 602. The molecule has 5 heteroatoms. The number of carbonyl (C=O) groups excluding carboxylic acids is 1. The van der Waals surface area contributed by atoms with E-state index in [1.165, 1.54) is 0 Å². The van der Waals surface area contributed by atoms with Crippen molar-refractivity contribution >= 4 is 5.91 Å². The molecular formula is C14H17N3O2. The third kappa shape index (κ3) is 2.45. The van der Waals surface area contributed by atoms with E-state index in [0.717, 1.165) is 11.3 Å². The molecule has 2 aromatic rings. The van der Waals surface area contributed by atoms with Gasteiger partial charge in [-0.1, -0.05) is 0 Å². The Morgan fingerprint density at radius 2 is 2.11 bits per heavy atom. The van der Waals surface area contributed by atoms with Gasteiger partial charge in [-0.05, 0) is 38.1 Å². The molecule has 0 aliphatic carbocycles. The molecular weight excluding hydrogens is 242 g/mol. The van der Waals surface area contributed by atoms with Gasteiger partial charge in [-0.2, -0.15) is 5.10 Å². The standard InChI is InChI=1S/C14H17N3O2/c1-9(2)17-13(6-7-16-17)12-8-10(19-3)4-5-11(12)14(15)18/h4-9H,1-3H3,(H2,15,18). The first kappa shape index (κ1) is 13.1. The van der Waals surface area contributed by atoms with E-state index in [4.69, 9.17) is 10.5 Å². The van der Waals surface area contributed by atoms with Gasteiger partial charge in [0.15, 0.2) is 0 Å². The first-order valence-corrected chi connectivity index (χ1v) is 6.06. The van der Waals surface area contributed by atoms with E-state index >= 15 is 0 Å². The molecule has 5 nitrogen and oxygen atoms in total. The molecule has 19 heavy (non-hydrogen) atoms. The molecule has 2 rings (SSSR count). The Labute approximate surface area is 112 Å². The molecule has 0 atom stereocenters. The van der Waals surface area contributed by atoms with Crippen molar-refractivity contribution in [3.63, 3.8) is 0 Å². The second-order valence-electron chi connectivity index (χ2n) is 4.53. The normalized spacial score (nSPS) is 10.7. The summed E-state index contributed by atoms with van der Waals surface area (Å²) in [5.74, 6) is 0.214. The number of ether oxygens (including phenoxy) is 1. The number of methoxy groups -OCH3 is 1. The van der Waals surface area contributed by atoms with Crippen LogP contribution < -0.4 is 10.5 Å². The van der Waals surface area contributed by atoms with Crippen LogP contribution in [0.5, 0.6) is 5.75 Å². The molecule has 0 saturated heterocycles. The zero-order chi connectivity index (χ0) is 14.0. The summed E-state index contributed by atoms with van der Waals surface area (Å²) in [4.78, 5) is 11.5. The summed E-state index contributed by atoms with van der Waals surface area (Å²) in [5.41, 5.74) is 7.47. The van der Waals surface area contributed by atoms with E-state index in [-0.39, 0.29) is 6.04 Å². The summed E-state index contributed by atoms with van der Waals surface area (Å²) in [6.07, 6.45) is 1.71. The maximum absolute atomic E-state index is 11.5. The Morgan fingerprint density at radius 3 is 2.68 bits per heavy atom. The lowest BCUT2D eigenvalue weighted by molar-refractivity contribution is 0.100. The summed E-state index contributed by atoms with van der Waals surface area (Å²) in [7, 11) is 1.59. The molecule has 0 aliphatic heterocycles. The lowest BCUT2D eigenvalue weighted by Gasteiger charge is -2.14. The molecule has 1 amide bonds. The van der Waals surface area contributed by atoms with Crippen molar-refractivity contribution in [1.82, 2.24) is 9.78 Å². The van der Waals surface area contributed by atoms with Gasteiger partial charge in [0, 0.05) is 23.4 Å². The largest absolute Gasteiger partial charge is 0.497 e. The molecule has 100 valence electrons. The lowest BCUT2D eigenvalue weighted by atomic mass is 10.0. The molecule has 0 bridgehead atoms. The summed E-state index contributed by atoms with van der Waals surface area (Å²) in [5, 5.41) is 4.27. The molecule has 2 N–H and O–H groups in total. The number of carbonyl (C=O) groups is 1. The van der Waals surface area contributed by atoms with Gasteiger partial charge in [-0.3, -0.25) is 9.48 Å². The number of hydrogen-bond acceptors (Lipinski definition) is 3. The van der Waals surface area contributed by atoms with Crippen LogP contribution in [0.15, 0.2) is 30.5 Å². The Morgan fingerprint density at radius 1 is 1.37 bits per heavy atom. The van der Waals surface area contributed by atoms with Crippen LogP contribution in [0, 0.1) is 0 Å². The van der Waals surface area contributed by atoms with E-state index < -0.39 is 5.91 Å². The van der Waals surface area contributed by atoms with Crippen molar-refractivity contribution < 1.29 is 9.53 Å². The Hall–Kier alpha value is -2.30. The lowest BCUT2D eigenvalue weighted by Crippen LogP contribution is -2.14. The number of rotatable bonds is 4. The second-order valence-corrected chi connectivity index (χ2v) is 4.53. The minimum Gasteiger partial charge on any atom is -0.497 e. The van der Waals surface area contributed by atoms with Gasteiger partial charge < -0.3 is 10.5 Å². The van der Waals surface area contributed by atoms with Gasteiger partial charge in [0.1, 0.15) is 5.75 Å². The highest BCUT2D eigenvalue weighted by Crippen LogP contribution is 2.29. The highest BCUT2D eigenvalue weighted by atomic mass is 16.5. The van der Waals surface area contributed by atoms with Crippen molar-refractivity contribution in [2.75, 3.05) is 7.11 Å². The summed E-state index contributed by atoms with van der Waals surface area (Å²) >= 11 is 0. The topological polar surface area (TPSA) is 70.1 Å². The fourth-order valence-electron chi connectivity index (χ4n) is 2.02. The number of primary amides is 1. The summed E-state index contributed by atoms with van der Waals surface area (Å²) in [6, 6.07) is 7.25. The molecule has 0 spiro atoms. The van der Waals surface area contributed by atoms with Gasteiger partial charge in [-0.15, -0.1) is 0 Å². The maximum atomic E-state index is 11.5. The van der Waals surface area contributed by atoms with Crippen molar-refractivity contribution in [3.8, 4) is 17.0 Å². The average Bonchev–Trinajstić information content (AvgIpc) is 2.87. The smallest absolute Gasteiger partial charge is 0.249 e. The molecule has 0 radical (unpaired) electrons. The van der Waals surface area contributed by atoms with Crippen molar-refractivity contribution in [2.24, 2.45) is 5.73 Å². The van der Waals surface area contributed by atoms with E-state index in [9.17, 15) is 4.79 Å². The first-order chi connectivity index (χ1) is 9.04. The number of aromatic nitrogens is 2. The van der Waals surface area contributed by atoms with Crippen LogP contribution in [-0.4, -0.2) is 22.8 Å². The average molecular weight is 259 g/mol. The van der Waals surface area contributed by atoms with E-state index in [1.54, 1.807) is 31.5 Å². The zero-order valence-electron chi connectivity index (χ0n) is 11.3. The predicted molar refractivity (Wildman–Crippen MR) is 73.1 cm³/mol. The van der Waals surface area contributed by atoms with E-state index in [2.05, 4.69) is 5.10 Å². The van der Waals surface area contributed by atoms with Crippen LogP contribution in [0.4, 0.5) is 0 Å². The van der Waals surface area contributed by atoms with Gasteiger partial charge >= 0.3 is 0 Å². The van der Waals surface area contributed by atoms with Crippen LogP contribution in [0.3, 0.4) is 0 Å². The first-order valence-electron chi connectivity index (χ1n) is 6.06. The van der Waals surface area contributed by atoms with Crippen LogP contribution >= 0.6 is 0 Å². The Balaban J connectivity index is 2.65. The number of nitrogens with zero attached hydrogens (tertiary/aromatic N) is 2. The zero-order valence-corrected chi connectivity index (χ0v) is 11.3. The van der Waals surface area contributed by atoms with Crippen LogP contribution in [0.25, 0.3) is 11.3 Å². The van der Waals surface area contributed by atoms with Gasteiger partial charge in [0.05, 0.1) is 12.8 Å². The Kier molecular flexibility index (Phi) is 3.55. The minimum absolute atomic E-state index is 0.192. The van der Waals surface area contributed by atoms with Gasteiger partial charge in [-0.25, -0.2) is 0 Å². The SMILES string of the molecule is COc1ccc(C(N)=O)c(-c2ccnn2C(C)C)c1.